The van der Waals surface area contributed by atoms with Gasteiger partial charge in [-0.1, -0.05) is 20.4 Å². The van der Waals surface area contributed by atoms with Gasteiger partial charge in [0.1, 0.15) is 6.04 Å². The van der Waals surface area contributed by atoms with Crippen molar-refractivity contribution in [3.63, 3.8) is 0 Å². The van der Waals surface area contributed by atoms with E-state index >= 15 is 0 Å². The van der Waals surface area contributed by atoms with E-state index in [0.29, 0.717) is 18.4 Å². The van der Waals surface area contributed by atoms with Crippen LogP contribution in [0.5, 0.6) is 0 Å². The number of aliphatic carboxylic acids is 1. The lowest BCUT2D eigenvalue weighted by atomic mass is 10.0. The molecule has 0 aliphatic heterocycles. The van der Waals surface area contributed by atoms with E-state index in [9.17, 15) is 4.79 Å². The fraction of sp³-hybridized carbons (Fsp3) is 0.786. The van der Waals surface area contributed by atoms with Gasteiger partial charge in [-0.25, -0.2) is 0 Å². The van der Waals surface area contributed by atoms with Gasteiger partial charge < -0.3 is 21.1 Å². The molecule has 0 fully saturated rings. The maximum absolute atomic E-state index is 10.6. The summed E-state index contributed by atoms with van der Waals surface area (Å²) in [6, 6.07) is -0.435. The van der Waals surface area contributed by atoms with E-state index in [4.69, 9.17) is 10.8 Å². The van der Waals surface area contributed by atoms with Gasteiger partial charge in [0.05, 0.1) is 6.04 Å². The number of carboxylic acid groups (broad SMARTS) is 1. The van der Waals surface area contributed by atoms with Gasteiger partial charge >= 0.3 is 5.97 Å². The van der Waals surface area contributed by atoms with E-state index < -0.39 is 12.0 Å². The third kappa shape index (κ3) is 7.18. The van der Waals surface area contributed by atoms with Gasteiger partial charge in [0, 0.05) is 12.2 Å². The third-order valence-electron chi connectivity index (χ3n) is 3.16. The van der Waals surface area contributed by atoms with Crippen molar-refractivity contribution in [2.75, 3.05) is 20.6 Å². The Hall–Kier alpha value is -1.07. The smallest absolute Gasteiger partial charge is 0.320 e. The highest BCUT2D eigenvalue weighted by molar-refractivity contribution is 5.72. The van der Waals surface area contributed by atoms with Crippen molar-refractivity contribution in [1.29, 1.82) is 0 Å². The molecule has 0 aliphatic carbocycles. The van der Waals surface area contributed by atoms with Crippen LogP contribution in [0.25, 0.3) is 0 Å². The van der Waals surface area contributed by atoms with Gasteiger partial charge in [-0.2, -0.15) is 0 Å². The molecular weight excluding hydrogens is 242 g/mol. The topological polar surface area (TPSA) is 78.6 Å². The molecule has 0 aromatic heterocycles. The average molecular weight is 271 g/mol. The van der Waals surface area contributed by atoms with Crippen molar-refractivity contribution in [3.05, 3.63) is 12.3 Å². The highest BCUT2D eigenvalue weighted by Crippen LogP contribution is 2.13. The van der Waals surface area contributed by atoms with E-state index in [1.807, 2.05) is 14.1 Å². The van der Waals surface area contributed by atoms with Crippen LogP contribution in [0, 0.1) is 5.92 Å². The summed E-state index contributed by atoms with van der Waals surface area (Å²) < 4.78 is 0. The van der Waals surface area contributed by atoms with E-state index in [2.05, 4.69) is 30.6 Å². The first kappa shape index (κ1) is 17.9. The molecule has 0 aromatic carbocycles. The van der Waals surface area contributed by atoms with Crippen LogP contribution in [0.1, 0.15) is 33.1 Å². The minimum absolute atomic E-state index is 0.307. The fourth-order valence-corrected chi connectivity index (χ4v) is 2.28. The van der Waals surface area contributed by atoms with Gasteiger partial charge in [0.15, 0.2) is 0 Å². The van der Waals surface area contributed by atoms with Crippen molar-refractivity contribution in [2.24, 2.45) is 11.7 Å². The normalized spacial score (nSPS) is 14.5. The van der Waals surface area contributed by atoms with Crippen LogP contribution in [0.4, 0.5) is 0 Å². The van der Waals surface area contributed by atoms with Crippen LogP contribution in [0.3, 0.4) is 0 Å². The van der Waals surface area contributed by atoms with Crippen molar-refractivity contribution >= 4 is 5.97 Å². The zero-order chi connectivity index (χ0) is 15.0. The molecular formula is C14H29N3O2. The zero-order valence-electron chi connectivity index (χ0n) is 12.6. The van der Waals surface area contributed by atoms with E-state index in [-0.39, 0.29) is 0 Å². The number of rotatable bonds is 10. The zero-order valence-corrected chi connectivity index (χ0v) is 12.6. The number of nitrogens with one attached hydrogen (secondary N) is 1. The van der Waals surface area contributed by atoms with Gasteiger partial charge in [0.25, 0.3) is 0 Å². The number of carbonyl (C=O) groups is 1. The lowest BCUT2D eigenvalue weighted by Crippen LogP contribution is -2.39. The molecule has 0 aliphatic rings. The Morgan fingerprint density at radius 1 is 1.37 bits per heavy atom. The summed E-state index contributed by atoms with van der Waals surface area (Å²) in [4.78, 5) is 12.7. The second kappa shape index (κ2) is 8.93. The molecule has 0 aromatic rings. The lowest BCUT2D eigenvalue weighted by molar-refractivity contribution is -0.138. The van der Waals surface area contributed by atoms with E-state index in [0.717, 1.165) is 25.1 Å². The lowest BCUT2D eigenvalue weighted by Gasteiger charge is -2.30. The molecule has 5 nitrogen and oxygen atoms in total. The maximum Gasteiger partial charge on any atom is 0.320 e. The summed E-state index contributed by atoms with van der Waals surface area (Å²) in [5.41, 5.74) is 6.46. The first-order valence-corrected chi connectivity index (χ1v) is 6.84. The van der Waals surface area contributed by atoms with E-state index in [1.165, 1.54) is 0 Å². The van der Waals surface area contributed by atoms with Gasteiger partial charge in [-0.3, -0.25) is 4.79 Å². The predicted octanol–water partition coefficient (Wildman–Crippen LogP) is 1.26. The van der Waals surface area contributed by atoms with Crippen molar-refractivity contribution in [2.45, 2.75) is 45.2 Å². The first-order chi connectivity index (χ1) is 8.77. The summed E-state index contributed by atoms with van der Waals surface area (Å²) in [5.74, 6) is -0.430. The van der Waals surface area contributed by atoms with Gasteiger partial charge in [0.2, 0.25) is 0 Å². The molecule has 0 saturated heterocycles. The first-order valence-electron chi connectivity index (χ1n) is 6.84. The molecule has 0 spiro atoms. The molecule has 4 N–H and O–H groups in total. The Labute approximate surface area is 116 Å². The predicted molar refractivity (Wildman–Crippen MR) is 78.9 cm³/mol. The summed E-state index contributed by atoms with van der Waals surface area (Å²) in [5, 5.41) is 12.0. The minimum Gasteiger partial charge on any atom is -0.480 e. The highest BCUT2D eigenvalue weighted by atomic mass is 16.4. The molecule has 0 saturated carbocycles. The van der Waals surface area contributed by atoms with Crippen LogP contribution in [0.15, 0.2) is 12.3 Å². The van der Waals surface area contributed by atoms with Crippen LogP contribution in [0.2, 0.25) is 0 Å². The molecule has 19 heavy (non-hydrogen) atoms. The number of nitrogens with zero attached hydrogens (tertiary/aromatic N) is 1. The number of nitrogens with two attached hydrogens (primary N) is 1. The third-order valence-corrected chi connectivity index (χ3v) is 3.16. The van der Waals surface area contributed by atoms with Crippen LogP contribution < -0.4 is 11.1 Å². The quantitative estimate of drug-likeness (QED) is 0.521. The summed E-state index contributed by atoms with van der Waals surface area (Å²) in [6.45, 7) is 9.23. The van der Waals surface area contributed by atoms with Crippen LogP contribution in [-0.2, 0) is 4.79 Å². The number of unbranched alkanes of at least 4 members (excludes halogenated alkanes) is 1. The van der Waals surface area contributed by atoms with Crippen molar-refractivity contribution < 1.29 is 9.90 Å². The number of carboxylic acids is 1. The monoisotopic (exact) mass is 271 g/mol. The van der Waals surface area contributed by atoms with Crippen molar-refractivity contribution in [1.82, 2.24) is 10.2 Å². The molecule has 0 amide bonds. The Morgan fingerprint density at radius 3 is 2.37 bits per heavy atom. The minimum atomic E-state index is -0.926. The van der Waals surface area contributed by atoms with Gasteiger partial charge in [-0.05, 0) is 39.3 Å². The van der Waals surface area contributed by atoms with Crippen LogP contribution >= 0.6 is 0 Å². The average Bonchev–Trinajstić information content (AvgIpc) is 2.26. The van der Waals surface area contributed by atoms with Crippen molar-refractivity contribution in [3.8, 4) is 0 Å². The molecule has 2 atom stereocenters. The highest BCUT2D eigenvalue weighted by Gasteiger charge is 2.18. The number of hydrogen-bond acceptors (Lipinski definition) is 4. The molecule has 0 rings (SSSR count). The van der Waals surface area contributed by atoms with Gasteiger partial charge in [-0.15, -0.1) is 0 Å². The molecule has 112 valence electrons. The second-order valence-electron chi connectivity index (χ2n) is 5.54. The molecule has 2 unspecified atom stereocenters. The number of likely N-dealkylation sites (N-methyl/N-ethyl adjacent to an activating group) is 1. The van der Waals surface area contributed by atoms with E-state index in [1.54, 1.807) is 0 Å². The Kier molecular flexibility index (Phi) is 8.43. The molecule has 0 heterocycles. The Balaban J connectivity index is 3.88. The summed E-state index contributed by atoms with van der Waals surface area (Å²) >= 11 is 0. The fourth-order valence-electron chi connectivity index (χ4n) is 2.28. The molecule has 0 radical (unpaired) electrons. The summed E-state index contributed by atoms with van der Waals surface area (Å²) in [7, 11) is 4.09. The standard InChI is InChI=1S/C14H29N3O2/c1-10(2)13(17(4)5)11(3)16-9-7-6-8-12(15)14(18)19/h10,12-13,16H,3,6-9,15H2,1-2,4-5H3,(H,18,19). The molecule has 5 heteroatoms. The number of hydrogen-bond donors (Lipinski definition) is 3. The Morgan fingerprint density at radius 2 is 1.95 bits per heavy atom. The second-order valence-corrected chi connectivity index (χ2v) is 5.54. The maximum atomic E-state index is 10.6. The molecule has 0 bridgehead atoms. The summed E-state index contributed by atoms with van der Waals surface area (Å²) in [6.07, 6.45) is 2.23. The van der Waals surface area contributed by atoms with Crippen LogP contribution in [-0.4, -0.2) is 48.7 Å². The SMILES string of the molecule is C=C(NCCCCC(N)C(=O)O)C(C(C)C)N(C)C. The Bertz CT molecular complexity index is 282. The largest absolute Gasteiger partial charge is 0.480 e.